The number of hydrogen-bond acceptors (Lipinski definition) is 3. The van der Waals surface area contributed by atoms with Crippen molar-refractivity contribution in [1.82, 2.24) is 10.6 Å². The van der Waals surface area contributed by atoms with Gasteiger partial charge in [0, 0.05) is 23.5 Å². The van der Waals surface area contributed by atoms with Gasteiger partial charge in [0.25, 0.3) is 0 Å². The third-order valence-electron chi connectivity index (χ3n) is 3.78. The smallest absolute Gasteiger partial charge is 0.246 e. The first kappa shape index (κ1) is 18.6. The Morgan fingerprint density at radius 3 is 2.71 bits per heavy atom. The number of benzene rings is 1. The number of rotatable bonds is 6. The molecule has 2 rings (SSSR count). The van der Waals surface area contributed by atoms with E-state index < -0.39 is 0 Å². The summed E-state index contributed by atoms with van der Waals surface area (Å²) >= 11 is 1.98. The fourth-order valence-corrected chi connectivity index (χ4v) is 3.72. The van der Waals surface area contributed by atoms with Crippen molar-refractivity contribution in [2.24, 2.45) is 4.99 Å². The largest absolute Gasteiger partial charge is 0.357 e. The molecule has 132 valence electrons. The number of halogens is 1. The number of carbonyl (C=O) groups excluding carboxylic acids is 1. The summed E-state index contributed by atoms with van der Waals surface area (Å²) in [6.07, 6.45) is 2.44. The number of guanidine groups is 1. The minimum Gasteiger partial charge on any atom is -0.357 e. The second-order valence-corrected chi connectivity index (χ2v) is 7.69. The minimum absolute atomic E-state index is 0.0105. The zero-order valence-corrected chi connectivity index (χ0v) is 15.0. The van der Waals surface area contributed by atoms with Crippen LogP contribution in [0.3, 0.4) is 0 Å². The Labute approximate surface area is 146 Å². The van der Waals surface area contributed by atoms with E-state index in [-0.39, 0.29) is 23.0 Å². The van der Waals surface area contributed by atoms with Crippen molar-refractivity contribution < 1.29 is 9.18 Å². The lowest BCUT2D eigenvalue weighted by Gasteiger charge is -2.24. The Hall–Kier alpha value is -1.76. The average Bonchev–Trinajstić information content (AvgIpc) is 2.99. The Balaban J connectivity index is 1.84. The molecule has 3 N–H and O–H groups in total. The second-order valence-electron chi connectivity index (χ2n) is 6.01. The Morgan fingerprint density at radius 1 is 1.33 bits per heavy atom. The molecule has 0 spiro atoms. The molecule has 1 aromatic rings. The molecule has 0 aliphatic carbocycles. The molecule has 0 radical (unpaired) electrons. The van der Waals surface area contributed by atoms with Crippen molar-refractivity contribution in [2.45, 2.75) is 31.4 Å². The molecule has 1 atom stereocenters. The van der Waals surface area contributed by atoms with Crippen LogP contribution in [0.25, 0.3) is 0 Å². The summed E-state index contributed by atoms with van der Waals surface area (Å²) < 4.78 is 13.1. The molecule has 1 aliphatic rings. The third kappa shape index (κ3) is 6.03. The van der Waals surface area contributed by atoms with Gasteiger partial charge in [0.2, 0.25) is 5.91 Å². The van der Waals surface area contributed by atoms with E-state index in [0.29, 0.717) is 11.6 Å². The normalized spacial score (nSPS) is 20.7. The first-order valence-electron chi connectivity index (χ1n) is 8.22. The fraction of sp³-hybridized carbons (Fsp3) is 0.529. The van der Waals surface area contributed by atoms with Crippen LogP contribution in [0, 0.1) is 5.82 Å². The Kier molecular flexibility index (Phi) is 6.90. The zero-order chi connectivity index (χ0) is 17.4. The molecule has 1 amide bonds. The Morgan fingerprint density at radius 2 is 2.08 bits per heavy atom. The molecule has 1 fully saturated rings. The second kappa shape index (κ2) is 8.92. The van der Waals surface area contributed by atoms with Crippen LogP contribution in [0.2, 0.25) is 0 Å². The molecule has 24 heavy (non-hydrogen) atoms. The van der Waals surface area contributed by atoms with Gasteiger partial charge in [0.15, 0.2) is 5.96 Å². The van der Waals surface area contributed by atoms with Crippen molar-refractivity contribution >= 4 is 29.3 Å². The van der Waals surface area contributed by atoms with Gasteiger partial charge >= 0.3 is 0 Å². The van der Waals surface area contributed by atoms with Crippen LogP contribution in [0.15, 0.2) is 29.3 Å². The number of thioether (sulfide) groups is 1. The quantitative estimate of drug-likeness (QED) is 0.544. The molecular weight excluding hydrogens is 327 g/mol. The zero-order valence-electron chi connectivity index (χ0n) is 14.2. The molecule has 5 nitrogen and oxygen atoms in total. The monoisotopic (exact) mass is 352 g/mol. The standard InChI is InChI=1S/C17H25FN4OS/c1-3-19-16(21-12-17(2)9-4-10-24-17)20-11-15(23)22-14-7-5-13(18)6-8-14/h5-8H,3-4,9-12H2,1-2H3,(H,22,23)(H2,19,20,21). The number of carbonyl (C=O) groups is 1. The van der Waals surface area contributed by atoms with E-state index in [4.69, 9.17) is 0 Å². The van der Waals surface area contributed by atoms with Crippen LogP contribution in [-0.4, -0.2) is 42.0 Å². The summed E-state index contributed by atoms with van der Waals surface area (Å²) in [5.41, 5.74) is 0.560. The van der Waals surface area contributed by atoms with Crippen LogP contribution in [0.4, 0.5) is 10.1 Å². The lowest BCUT2D eigenvalue weighted by atomic mass is 10.1. The topological polar surface area (TPSA) is 65.5 Å². The van der Waals surface area contributed by atoms with Crippen LogP contribution in [0.1, 0.15) is 26.7 Å². The number of nitrogens with one attached hydrogen (secondary N) is 3. The van der Waals surface area contributed by atoms with E-state index in [1.807, 2.05) is 18.7 Å². The highest BCUT2D eigenvalue weighted by molar-refractivity contribution is 8.00. The number of anilines is 1. The predicted molar refractivity (Wildman–Crippen MR) is 99.1 cm³/mol. The van der Waals surface area contributed by atoms with Crippen LogP contribution in [-0.2, 0) is 4.79 Å². The fourth-order valence-electron chi connectivity index (χ4n) is 2.47. The Bertz CT molecular complexity index is 570. The van der Waals surface area contributed by atoms with E-state index in [1.165, 1.54) is 42.9 Å². The van der Waals surface area contributed by atoms with Gasteiger partial charge in [-0.2, -0.15) is 11.8 Å². The van der Waals surface area contributed by atoms with Crippen molar-refractivity contribution in [3.05, 3.63) is 30.1 Å². The van der Waals surface area contributed by atoms with E-state index in [9.17, 15) is 9.18 Å². The molecule has 1 aromatic carbocycles. The van der Waals surface area contributed by atoms with E-state index in [2.05, 4.69) is 27.9 Å². The van der Waals surface area contributed by atoms with Gasteiger partial charge in [-0.3, -0.25) is 4.79 Å². The van der Waals surface area contributed by atoms with Crippen molar-refractivity contribution in [2.75, 3.05) is 30.7 Å². The van der Waals surface area contributed by atoms with Crippen molar-refractivity contribution in [1.29, 1.82) is 0 Å². The van der Waals surface area contributed by atoms with E-state index in [1.54, 1.807) is 0 Å². The van der Waals surface area contributed by atoms with Crippen LogP contribution >= 0.6 is 11.8 Å². The first-order chi connectivity index (χ1) is 11.5. The molecule has 0 aromatic heterocycles. The molecule has 1 saturated heterocycles. The van der Waals surface area contributed by atoms with Gasteiger partial charge in [-0.1, -0.05) is 0 Å². The maximum absolute atomic E-state index is 12.9. The van der Waals surface area contributed by atoms with Crippen molar-refractivity contribution in [3.63, 3.8) is 0 Å². The number of nitrogens with zero attached hydrogens (tertiary/aromatic N) is 1. The highest BCUT2D eigenvalue weighted by atomic mass is 32.2. The highest BCUT2D eigenvalue weighted by Crippen LogP contribution is 2.36. The van der Waals surface area contributed by atoms with Crippen LogP contribution < -0.4 is 16.0 Å². The SMILES string of the molecule is CCNC(=NCC(=O)Nc1ccc(F)cc1)NCC1(C)CCCS1. The number of amides is 1. The molecule has 1 heterocycles. The van der Waals surface area contributed by atoms with Gasteiger partial charge in [-0.15, -0.1) is 0 Å². The summed E-state index contributed by atoms with van der Waals surface area (Å²) in [6, 6.07) is 5.67. The maximum Gasteiger partial charge on any atom is 0.246 e. The van der Waals surface area contributed by atoms with E-state index in [0.717, 1.165) is 13.1 Å². The van der Waals surface area contributed by atoms with Gasteiger partial charge in [-0.25, -0.2) is 9.38 Å². The minimum atomic E-state index is -0.331. The summed E-state index contributed by atoms with van der Waals surface area (Å²) in [6.45, 7) is 5.80. The molecular formula is C17H25FN4OS. The van der Waals surface area contributed by atoms with Gasteiger partial charge in [-0.05, 0) is 56.7 Å². The summed E-state index contributed by atoms with van der Waals surface area (Å²) in [5.74, 6) is 1.27. The van der Waals surface area contributed by atoms with E-state index >= 15 is 0 Å². The lowest BCUT2D eigenvalue weighted by Crippen LogP contribution is -2.44. The third-order valence-corrected chi connectivity index (χ3v) is 5.32. The summed E-state index contributed by atoms with van der Waals surface area (Å²) in [5, 5.41) is 9.17. The van der Waals surface area contributed by atoms with Crippen molar-refractivity contribution in [3.8, 4) is 0 Å². The predicted octanol–water partition coefficient (Wildman–Crippen LogP) is 2.61. The number of aliphatic imine (C=N–C) groups is 1. The van der Waals surface area contributed by atoms with Gasteiger partial charge in [0.05, 0.1) is 0 Å². The first-order valence-corrected chi connectivity index (χ1v) is 9.21. The molecule has 1 aliphatic heterocycles. The van der Waals surface area contributed by atoms with Gasteiger partial charge < -0.3 is 16.0 Å². The summed E-state index contributed by atoms with van der Waals surface area (Å²) in [7, 11) is 0. The lowest BCUT2D eigenvalue weighted by molar-refractivity contribution is -0.114. The maximum atomic E-state index is 12.9. The molecule has 7 heteroatoms. The molecule has 0 bridgehead atoms. The van der Waals surface area contributed by atoms with Crippen LogP contribution in [0.5, 0.6) is 0 Å². The summed E-state index contributed by atoms with van der Waals surface area (Å²) in [4.78, 5) is 16.3. The number of hydrogen-bond donors (Lipinski definition) is 3. The molecule has 0 saturated carbocycles. The molecule has 1 unspecified atom stereocenters. The highest BCUT2D eigenvalue weighted by Gasteiger charge is 2.29. The van der Waals surface area contributed by atoms with Gasteiger partial charge in [0.1, 0.15) is 12.4 Å². The average molecular weight is 352 g/mol.